The fourth-order valence-corrected chi connectivity index (χ4v) is 2.26. The Bertz CT molecular complexity index is 317. The monoisotopic (exact) mass is 253 g/mol. The lowest BCUT2D eigenvalue weighted by Gasteiger charge is -2.23. The van der Waals surface area contributed by atoms with Gasteiger partial charge >= 0.3 is 6.09 Å². The predicted molar refractivity (Wildman–Crippen MR) is 69.0 cm³/mol. The summed E-state index contributed by atoms with van der Waals surface area (Å²) in [5, 5.41) is 14.6. The minimum absolute atomic E-state index is 0.333. The minimum atomic E-state index is -0.460. The lowest BCUT2D eigenvalue weighted by atomic mass is 10.0. The Labute approximate surface area is 109 Å². The van der Waals surface area contributed by atoms with E-state index >= 15 is 0 Å². The van der Waals surface area contributed by atoms with Crippen molar-refractivity contribution in [3.05, 3.63) is 0 Å². The van der Waals surface area contributed by atoms with Gasteiger partial charge in [-0.1, -0.05) is 6.42 Å². The standard InChI is InChI=1S/C13H23N3O2/c1-13(2,3)18-12(17)16-9-10-5-4-6-11(10)15-8-7-14/h10-11,15H,4-6,8-9H2,1-3H3,(H,16,17)/t10-,11+/m0/s1. The summed E-state index contributed by atoms with van der Waals surface area (Å²) in [5.74, 6) is 0.394. The van der Waals surface area contributed by atoms with E-state index in [2.05, 4.69) is 16.7 Å². The molecule has 5 nitrogen and oxygen atoms in total. The number of nitriles is 1. The van der Waals surface area contributed by atoms with Gasteiger partial charge in [-0.2, -0.15) is 5.26 Å². The van der Waals surface area contributed by atoms with Crippen LogP contribution >= 0.6 is 0 Å². The van der Waals surface area contributed by atoms with Gasteiger partial charge in [0, 0.05) is 12.6 Å². The molecule has 0 heterocycles. The Balaban J connectivity index is 2.29. The fourth-order valence-electron chi connectivity index (χ4n) is 2.26. The Morgan fingerprint density at radius 1 is 1.44 bits per heavy atom. The number of carbonyl (C=O) groups is 1. The van der Waals surface area contributed by atoms with Gasteiger partial charge in [-0.25, -0.2) is 4.79 Å². The van der Waals surface area contributed by atoms with Crippen molar-refractivity contribution in [2.45, 2.75) is 51.7 Å². The average Bonchev–Trinajstić information content (AvgIpc) is 2.68. The molecule has 0 aromatic carbocycles. The van der Waals surface area contributed by atoms with E-state index in [0.717, 1.165) is 19.3 Å². The Kier molecular flexibility index (Phi) is 5.42. The van der Waals surface area contributed by atoms with Crippen LogP contribution < -0.4 is 10.6 Å². The first-order valence-electron chi connectivity index (χ1n) is 6.49. The van der Waals surface area contributed by atoms with Crippen LogP contribution in [0.5, 0.6) is 0 Å². The molecule has 5 heteroatoms. The molecule has 0 aromatic rings. The largest absolute Gasteiger partial charge is 0.444 e. The summed E-state index contributed by atoms with van der Waals surface area (Å²) in [5.41, 5.74) is -0.460. The average molecular weight is 253 g/mol. The summed E-state index contributed by atoms with van der Waals surface area (Å²) >= 11 is 0. The molecule has 1 rings (SSSR count). The first-order valence-corrected chi connectivity index (χ1v) is 6.49. The highest BCUT2D eigenvalue weighted by Crippen LogP contribution is 2.24. The van der Waals surface area contributed by atoms with Crippen LogP contribution in [0, 0.1) is 17.2 Å². The van der Waals surface area contributed by atoms with E-state index in [1.807, 2.05) is 20.8 Å². The first kappa shape index (κ1) is 14.8. The number of carbonyl (C=O) groups excluding carboxylic acids is 1. The molecule has 0 bridgehead atoms. The van der Waals surface area contributed by atoms with Crippen LogP contribution in [-0.4, -0.2) is 30.8 Å². The maximum atomic E-state index is 11.5. The van der Waals surface area contributed by atoms with E-state index in [1.165, 1.54) is 0 Å². The smallest absolute Gasteiger partial charge is 0.407 e. The highest BCUT2D eigenvalue weighted by atomic mass is 16.6. The number of hydrogen-bond acceptors (Lipinski definition) is 4. The number of alkyl carbamates (subject to hydrolysis) is 1. The van der Waals surface area contributed by atoms with E-state index in [-0.39, 0.29) is 6.09 Å². The van der Waals surface area contributed by atoms with Crippen molar-refractivity contribution in [2.75, 3.05) is 13.1 Å². The van der Waals surface area contributed by atoms with Crippen LogP contribution in [0.15, 0.2) is 0 Å². The van der Waals surface area contributed by atoms with Crippen molar-refractivity contribution >= 4 is 6.09 Å². The van der Waals surface area contributed by atoms with Crippen molar-refractivity contribution < 1.29 is 9.53 Å². The molecule has 1 aliphatic carbocycles. The van der Waals surface area contributed by atoms with Crippen molar-refractivity contribution in [3.8, 4) is 6.07 Å². The number of hydrogen-bond donors (Lipinski definition) is 2. The summed E-state index contributed by atoms with van der Waals surface area (Å²) in [6, 6.07) is 2.42. The van der Waals surface area contributed by atoms with Gasteiger partial charge in [0.1, 0.15) is 5.60 Å². The van der Waals surface area contributed by atoms with Crippen LogP contribution in [0.2, 0.25) is 0 Å². The number of nitrogens with one attached hydrogen (secondary N) is 2. The molecule has 102 valence electrons. The van der Waals surface area contributed by atoms with Crippen molar-refractivity contribution in [1.29, 1.82) is 5.26 Å². The summed E-state index contributed by atoms with van der Waals surface area (Å²) < 4.78 is 5.19. The quantitative estimate of drug-likeness (QED) is 0.749. The van der Waals surface area contributed by atoms with Gasteiger partial charge in [-0.3, -0.25) is 0 Å². The normalized spacial score (nSPS) is 23.4. The van der Waals surface area contributed by atoms with Crippen LogP contribution in [0.1, 0.15) is 40.0 Å². The second-order valence-corrected chi connectivity index (χ2v) is 5.72. The van der Waals surface area contributed by atoms with Gasteiger partial charge in [-0.05, 0) is 39.5 Å². The molecule has 2 atom stereocenters. The maximum Gasteiger partial charge on any atom is 0.407 e. The maximum absolute atomic E-state index is 11.5. The Hall–Kier alpha value is -1.28. The van der Waals surface area contributed by atoms with E-state index in [0.29, 0.717) is 25.0 Å². The zero-order valence-corrected chi connectivity index (χ0v) is 11.5. The lowest BCUT2D eigenvalue weighted by molar-refractivity contribution is 0.0517. The SMILES string of the molecule is CC(C)(C)OC(=O)NC[C@@H]1CCC[C@H]1NCC#N. The summed E-state index contributed by atoms with van der Waals surface area (Å²) in [6.07, 6.45) is 2.93. The van der Waals surface area contributed by atoms with Gasteiger partial charge in [0.15, 0.2) is 0 Å². The molecule has 18 heavy (non-hydrogen) atoms. The topological polar surface area (TPSA) is 74.2 Å². The zero-order valence-electron chi connectivity index (χ0n) is 11.5. The second-order valence-electron chi connectivity index (χ2n) is 5.72. The summed E-state index contributed by atoms with van der Waals surface area (Å²) in [7, 11) is 0. The molecule has 1 aliphatic rings. The van der Waals surface area contributed by atoms with E-state index in [9.17, 15) is 4.79 Å². The highest BCUT2D eigenvalue weighted by Gasteiger charge is 2.27. The second kappa shape index (κ2) is 6.60. The third-order valence-corrected chi connectivity index (χ3v) is 3.01. The van der Waals surface area contributed by atoms with E-state index < -0.39 is 5.60 Å². The minimum Gasteiger partial charge on any atom is -0.444 e. The first-order chi connectivity index (χ1) is 8.42. The molecule has 2 N–H and O–H groups in total. The molecular weight excluding hydrogens is 230 g/mol. The summed E-state index contributed by atoms with van der Waals surface area (Å²) in [4.78, 5) is 11.5. The lowest BCUT2D eigenvalue weighted by Crippen LogP contribution is -2.41. The van der Waals surface area contributed by atoms with E-state index in [1.54, 1.807) is 0 Å². The number of amides is 1. The van der Waals surface area contributed by atoms with Crippen LogP contribution in [0.25, 0.3) is 0 Å². The third-order valence-electron chi connectivity index (χ3n) is 3.01. The van der Waals surface area contributed by atoms with Gasteiger partial charge in [0.25, 0.3) is 0 Å². The molecule has 1 saturated carbocycles. The van der Waals surface area contributed by atoms with Gasteiger partial charge in [-0.15, -0.1) is 0 Å². The molecule has 0 aliphatic heterocycles. The van der Waals surface area contributed by atoms with Crippen molar-refractivity contribution in [2.24, 2.45) is 5.92 Å². The molecule has 0 spiro atoms. The summed E-state index contributed by atoms with van der Waals surface area (Å²) in [6.45, 7) is 6.52. The Morgan fingerprint density at radius 3 is 2.78 bits per heavy atom. The molecule has 1 amide bonds. The van der Waals surface area contributed by atoms with Gasteiger partial charge in [0.2, 0.25) is 0 Å². The molecule has 0 radical (unpaired) electrons. The number of nitrogens with zero attached hydrogens (tertiary/aromatic N) is 1. The van der Waals surface area contributed by atoms with Crippen molar-refractivity contribution in [1.82, 2.24) is 10.6 Å². The fraction of sp³-hybridized carbons (Fsp3) is 0.846. The predicted octanol–water partition coefficient (Wildman–Crippen LogP) is 1.79. The van der Waals surface area contributed by atoms with Crippen LogP contribution in [0.4, 0.5) is 4.79 Å². The van der Waals surface area contributed by atoms with Crippen LogP contribution in [0.3, 0.4) is 0 Å². The molecule has 0 aromatic heterocycles. The zero-order chi connectivity index (χ0) is 13.6. The molecule has 0 unspecified atom stereocenters. The molecule has 0 saturated heterocycles. The molecular formula is C13H23N3O2. The van der Waals surface area contributed by atoms with Gasteiger partial charge < -0.3 is 15.4 Å². The third kappa shape index (κ3) is 5.37. The van der Waals surface area contributed by atoms with Crippen molar-refractivity contribution in [3.63, 3.8) is 0 Å². The molecule has 1 fully saturated rings. The number of ether oxygens (including phenoxy) is 1. The van der Waals surface area contributed by atoms with Gasteiger partial charge in [0.05, 0.1) is 12.6 Å². The Morgan fingerprint density at radius 2 is 2.17 bits per heavy atom. The number of rotatable bonds is 4. The van der Waals surface area contributed by atoms with E-state index in [4.69, 9.17) is 10.00 Å². The van der Waals surface area contributed by atoms with Crippen LogP contribution in [-0.2, 0) is 4.74 Å². The highest BCUT2D eigenvalue weighted by molar-refractivity contribution is 5.67.